The molecule has 0 saturated heterocycles. The Balaban J connectivity index is 2.73. The molecule has 1 aromatic carbocycles. The minimum atomic E-state index is -0.0828. The smallest absolute Gasteiger partial charge is 0.137 e. The highest BCUT2D eigenvalue weighted by atomic mass is 35.5. The third-order valence-electron chi connectivity index (χ3n) is 2.28. The first kappa shape index (κ1) is 12.3. The molecule has 1 unspecified atom stereocenters. The zero-order chi connectivity index (χ0) is 11.3. The molecule has 15 heavy (non-hydrogen) atoms. The third-order valence-corrected chi connectivity index (χ3v) is 2.57. The van der Waals surface area contributed by atoms with Gasteiger partial charge >= 0.3 is 0 Å². The molecule has 0 saturated carbocycles. The second-order valence-corrected chi connectivity index (χ2v) is 3.77. The topological polar surface area (TPSA) is 55.5 Å². The number of hydrogen-bond donors (Lipinski definition) is 2. The quantitative estimate of drug-likeness (QED) is 0.813. The van der Waals surface area contributed by atoms with Crippen LogP contribution in [0.5, 0.6) is 5.75 Å². The van der Waals surface area contributed by atoms with Gasteiger partial charge in [0.2, 0.25) is 0 Å². The lowest BCUT2D eigenvalue weighted by Crippen LogP contribution is -2.10. The lowest BCUT2D eigenvalue weighted by molar-refractivity contribution is 0.280. The molecule has 3 nitrogen and oxygen atoms in total. The van der Waals surface area contributed by atoms with Crippen LogP contribution >= 0.6 is 11.6 Å². The second-order valence-electron chi connectivity index (χ2n) is 3.37. The Morgan fingerprint density at radius 1 is 1.53 bits per heavy atom. The number of benzene rings is 1. The Labute approximate surface area is 94.8 Å². The van der Waals surface area contributed by atoms with E-state index in [0.29, 0.717) is 17.2 Å². The van der Waals surface area contributed by atoms with Gasteiger partial charge in [0.15, 0.2) is 0 Å². The fourth-order valence-electron chi connectivity index (χ4n) is 1.39. The highest BCUT2D eigenvalue weighted by Crippen LogP contribution is 2.28. The summed E-state index contributed by atoms with van der Waals surface area (Å²) in [6.45, 7) is 0.164. The van der Waals surface area contributed by atoms with Crippen molar-refractivity contribution in [1.29, 1.82) is 0 Å². The molecule has 1 aromatic rings. The molecule has 1 rings (SSSR count). The number of aliphatic hydroxyl groups is 1. The van der Waals surface area contributed by atoms with Crippen LogP contribution in [0.2, 0.25) is 5.02 Å². The maximum atomic E-state index is 8.70. The SMILES string of the molecule is COc1ccc(C(N)CCCO)cc1Cl. The zero-order valence-corrected chi connectivity index (χ0v) is 9.50. The lowest BCUT2D eigenvalue weighted by atomic mass is 10.0. The molecule has 0 spiro atoms. The third kappa shape index (κ3) is 3.38. The summed E-state index contributed by atoms with van der Waals surface area (Å²) in [5.74, 6) is 0.648. The van der Waals surface area contributed by atoms with Crippen molar-refractivity contribution in [3.05, 3.63) is 28.8 Å². The van der Waals surface area contributed by atoms with Gasteiger partial charge < -0.3 is 15.6 Å². The number of rotatable bonds is 5. The fraction of sp³-hybridized carbons (Fsp3) is 0.455. The number of ether oxygens (including phenoxy) is 1. The van der Waals surface area contributed by atoms with Crippen LogP contribution in [0.1, 0.15) is 24.4 Å². The van der Waals surface area contributed by atoms with Crippen molar-refractivity contribution in [2.75, 3.05) is 13.7 Å². The number of halogens is 1. The van der Waals surface area contributed by atoms with Gasteiger partial charge in [-0.05, 0) is 30.5 Å². The van der Waals surface area contributed by atoms with Gasteiger partial charge in [-0.15, -0.1) is 0 Å². The predicted octanol–water partition coefficient (Wildman–Crippen LogP) is 2.12. The van der Waals surface area contributed by atoms with Gasteiger partial charge in [0.25, 0.3) is 0 Å². The van der Waals surface area contributed by atoms with Crippen molar-refractivity contribution < 1.29 is 9.84 Å². The summed E-state index contributed by atoms with van der Waals surface area (Å²) in [7, 11) is 1.58. The van der Waals surface area contributed by atoms with E-state index in [4.69, 9.17) is 27.2 Å². The van der Waals surface area contributed by atoms with E-state index in [9.17, 15) is 0 Å². The van der Waals surface area contributed by atoms with E-state index >= 15 is 0 Å². The molecule has 0 aliphatic heterocycles. The van der Waals surface area contributed by atoms with Crippen LogP contribution in [0, 0.1) is 0 Å². The molecular formula is C11H16ClNO2. The van der Waals surface area contributed by atoms with Crippen molar-refractivity contribution in [2.45, 2.75) is 18.9 Å². The van der Waals surface area contributed by atoms with Crippen LogP contribution < -0.4 is 10.5 Å². The standard InChI is InChI=1S/C11H16ClNO2/c1-15-11-5-4-8(7-9(11)12)10(13)3-2-6-14/h4-5,7,10,14H,2-3,6,13H2,1H3. The number of hydrogen-bond acceptors (Lipinski definition) is 3. The van der Waals surface area contributed by atoms with E-state index in [-0.39, 0.29) is 12.6 Å². The van der Waals surface area contributed by atoms with Gasteiger partial charge in [-0.2, -0.15) is 0 Å². The molecule has 0 aliphatic carbocycles. The monoisotopic (exact) mass is 229 g/mol. The molecular weight excluding hydrogens is 214 g/mol. The Kier molecular flexibility index (Phi) is 4.88. The maximum Gasteiger partial charge on any atom is 0.137 e. The average Bonchev–Trinajstić information content (AvgIpc) is 2.25. The van der Waals surface area contributed by atoms with Crippen molar-refractivity contribution >= 4 is 11.6 Å². The van der Waals surface area contributed by atoms with Crippen molar-refractivity contribution in [1.82, 2.24) is 0 Å². The second kappa shape index (κ2) is 5.95. The first-order chi connectivity index (χ1) is 7.19. The summed E-state index contributed by atoms with van der Waals surface area (Å²) in [6.07, 6.45) is 1.45. The number of nitrogens with two attached hydrogens (primary N) is 1. The Bertz CT molecular complexity index is 317. The highest BCUT2D eigenvalue weighted by Gasteiger charge is 2.08. The normalized spacial score (nSPS) is 12.5. The van der Waals surface area contributed by atoms with E-state index in [0.717, 1.165) is 12.0 Å². The van der Waals surface area contributed by atoms with Crippen molar-refractivity contribution in [3.8, 4) is 5.75 Å². The van der Waals surface area contributed by atoms with Crippen LogP contribution in [0.3, 0.4) is 0 Å². The summed E-state index contributed by atoms with van der Waals surface area (Å²) in [5.41, 5.74) is 6.90. The van der Waals surface area contributed by atoms with Gasteiger partial charge in [0.05, 0.1) is 12.1 Å². The van der Waals surface area contributed by atoms with Crippen LogP contribution in [0.15, 0.2) is 18.2 Å². The van der Waals surface area contributed by atoms with E-state index in [1.165, 1.54) is 0 Å². The summed E-state index contributed by atoms with van der Waals surface area (Å²) in [5, 5.41) is 9.26. The average molecular weight is 230 g/mol. The van der Waals surface area contributed by atoms with Crippen LogP contribution in [-0.4, -0.2) is 18.8 Å². The molecule has 3 N–H and O–H groups in total. The molecule has 0 radical (unpaired) electrons. The van der Waals surface area contributed by atoms with E-state index in [2.05, 4.69) is 0 Å². The molecule has 0 aliphatic rings. The first-order valence-corrected chi connectivity index (χ1v) is 5.26. The van der Waals surface area contributed by atoms with Gasteiger partial charge in [-0.1, -0.05) is 17.7 Å². The summed E-state index contributed by atoms with van der Waals surface area (Å²) >= 11 is 5.98. The predicted molar refractivity (Wildman–Crippen MR) is 61.3 cm³/mol. The number of methoxy groups -OCH3 is 1. The summed E-state index contributed by atoms with van der Waals surface area (Å²) < 4.78 is 5.05. The van der Waals surface area contributed by atoms with E-state index < -0.39 is 0 Å². The van der Waals surface area contributed by atoms with Gasteiger partial charge in [0, 0.05) is 12.6 Å². The molecule has 0 aromatic heterocycles. The molecule has 4 heteroatoms. The molecule has 1 atom stereocenters. The van der Waals surface area contributed by atoms with Crippen LogP contribution in [0.25, 0.3) is 0 Å². The highest BCUT2D eigenvalue weighted by molar-refractivity contribution is 6.32. The maximum absolute atomic E-state index is 8.70. The van der Waals surface area contributed by atoms with Gasteiger partial charge in [0.1, 0.15) is 5.75 Å². The Morgan fingerprint density at radius 3 is 2.80 bits per heavy atom. The van der Waals surface area contributed by atoms with E-state index in [1.807, 2.05) is 12.1 Å². The molecule has 0 amide bonds. The van der Waals surface area contributed by atoms with Crippen LogP contribution in [-0.2, 0) is 0 Å². The molecule has 84 valence electrons. The minimum absolute atomic E-state index is 0.0828. The van der Waals surface area contributed by atoms with Gasteiger partial charge in [-0.3, -0.25) is 0 Å². The summed E-state index contributed by atoms with van der Waals surface area (Å²) in [6, 6.07) is 5.42. The van der Waals surface area contributed by atoms with Crippen LogP contribution in [0.4, 0.5) is 0 Å². The minimum Gasteiger partial charge on any atom is -0.495 e. The Hall–Kier alpha value is -0.770. The lowest BCUT2D eigenvalue weighted by Gasteiger charge is -2.12. The molecule has 0 heterocycles. The molecule has 0 bridgehead atoms. The largest absolute Gasteiger partial charge is 0.495 e. The van der Waals surface area contributed by atoms with Crippen molar-refractivity contribution in [2.24, 2.45) is 5.73 Å². The Morgan fingerprint density at radius 2 is 2.27 bits per heavy atom. The van der Waals surface area contributed by atoms with Crippen molar-refractivity contribution in [3.63, 3.8) is 0 Å². The van der Waals surface area contributed by atoms with Gasteiger partial charge in [-0.25, -0.2) is 0 Å². The first-order valence-electron chi connectivity index (χ1n) is 4.89. The fourth-order valence-corrected chi connectivity index (χ4v) is 1.66. The summed E-state index contributed by atoms with van der Waals surface area (Å²) in [4.78, 5) is 0. The molecule has 0 fully saturated rings. The number of aliphatic hydroxyl groups excluding tert-OH is 1. The van der Waals surface area contributed by atoms with E-state index in [1.54, 1.807) is 13.2 Å². The zero-order valence-electron chi connectivity index (χ0n) is 8.74.